The van der Waals surface area contributed by atoms with Gasteiger partial charge in [-0.15, -0.1) is 0 Å². The molecule has 0 heterocycles. The first kappa shape index (κ1) is 14.7. The summed E-state index contributed by atoms with van der Waals surface area (Å²) in [5, 5.41) is 0.358. The number of ether oxygens (including phenoxy) is 1. The first-order chi connectivity index (χ1) is 9.32. The Labute approximate surface area is 122 Å². The van der Waals surface area contributed by atoms with E-state index in [0.717, 1.165) is 0 Å². The van der Waals surface area contributed by atoms with Crippen LogP contribution in [0.5, 0.6) is 0 Å². The number of halogens is 1. The largest absolute Gasteiger partial charge is 0.465 e. The number of Topliss-reactive ketones (excluding diaryl/α,β-unsaturated/α-hetero) is 2. The molecule has 0 saturated heterocycles. The van der Waals surface area contributed by atoms with Gasteiger partial charge < -0.3 is 4.74 Å². The molecule has 1 aromatic rings. The first-order valence-electron chi connectivity index (χ1n) is 6.36. The highest BCUT2D eigenvalue weighted by atomic mass is 35.5. The third kappa shape index (κ3) is 2.04. The fraction of sp³-hybridized carbons (Fsp3) is 0.400. The second kappa shape index (κ2) is 5.02. The number of hydrogen-bond donors (Lipinski definition) is 0. The van der Waals surface area contributed by atoms with Gasteiger partial charge in [0, 0.05) is 10.6 Å². The molecule has 0 spiro atoms. The minimum absolute atomic E-state index is 0.124. The van der Waals surface area contributed by atoms with Crippen LogP contribution in [0, 0.1) is 5.92 Å². The highest BCUT2D eigenvalue weighted by Gasteiger charge is 2.50. The van der Waals surface area contributed by atoms with Crippen molar-refractivity contribution >= 4 is 29.1 Å². The van der Waals surface area contributed by atoms with E-state index in [4.69, 9.17) is 16.3 Å². The van der Waals surface area contributed by atoms with Gasteiger partial charge in [-0.25, -0.2) is 0 Å². The molecular weight excluding hydrogens is 280 g/mol. The number of esters is 1. The molecule has 0 amide bonds. The van der Waals surface area contributed by atoms with Crippen LogP contribution < -0.4 is 0 Å². The van der Waals surface area contributed by atoms with E-state index >= 15 is 0 Å². The van der Waals surface area contributed by atoms with Crippen LogP contribution in [0.15, 0.2) is 18.2 Å². The zero-order valence-corrected chi connectivity index (χ0v) is 12.3. The summed E-state index contributed by atoms with van der Waals surface area (Å²) in [5.74, 6) is -3.19. The molecule has 0 fully saturated rings. The Balaban J connectivity index is 2.63. The lowest BCUT2D eigenvalue weighted by molar-refractivity contribution is -0.150. The second-order valence-corrected chi connectivity index (χ2v) is 5.61. The zero-order chi connectivity index (χ0) is 15.1. The lowest BCUT2D eigenvalue weighted by Crippen LogP contribution is -2.48. The van der Waals surface area contributed by atoms with Crippen molar-refractivity contribution in [3.8, 4) is 0 Å². The van der Waals surface area contributed by atoms with E-state index in [1.165, 1.54) is 0 Å². The van der Waals surface area contributed by atoms with E-state index in [1.54, 1.807) is 39.0 Å². The van der Waals surface area contributed by atoms with Crippen LogP contribution in [0.2, 0.25) is 5.02 Å². The van der Waals surface area contributed by atoms with Gasteiger partial charge in [0.15, 0.2) is 17.5 Å². The molecule has 0 aromatic heterocycles. The number of hydrogen-bond acceptors (Lipinski definition) is 4. The molecule has 106 valence electrons. The summed E-state index contributed by atoms with van der Waals surface area (Å²) < 4.78 is 4.85. The Hall–Kier alpha value is -1.68. The van der Waals surface area contributed by atoms with Crippen molar-refractivity contribution in [2.45, 2.75) is 26.2 Å². The maximum absolute atomic E-state index is 12.5. The van der Waals surface area contributed by atoms with Crippen LogP contribution in [0.4, 0.5) is 0 Å². The number of carbonyl (C=O) groups excluding carboxylic acids is 3. The van der Waals surface area contributed by atoms with Gasteiger partial charge in [0.2, 0.25) is 0 Å². The molecule has 2 rings (SSSR count). The van der Waals surface area contributed by atoms with Crippen LogP contribution in [-0.4, -0.2) is 24.1 Å². The minimum Gasteiger partial charge on any atom is -0.465 e. The van der Waals surface area contributed by atoms with Crippen molar-refractivity contribution in [1.29, 1.82) is 0 Å². The molecule has 5 heteroatoms. The summed E-state index contributed by atoms with van der Waals surface area (Å²) in [6.45, 7) is 5.09. The Morgan fingerprint density at radius 1 is 1.35 bits per heavy atom. The second-order valence-electron chi connectivity index (χ2n) is 5.20. The molecule has 4 nitrogen and oxygen atoms in total. The Morgan fingerprint density at radius 3 is 2.60 bits per heavy atom. The summed E-state index contributed by atoms with van der Waals surface area (Å²) in [7, 11) is 0. The van der Waals surface area contributed by atoms with Gasteiger partial charge in [-0.1, -0.05) is 23.7 Å². The van der Waals surface area contributed by atoms with Crippen molar-refractivity contribution in [2.75, 3.05) is 6.61 Å². The van der Waals surface area contributed by atoms with Crippen molar-refractivity contribution in [1.82, 2.24) is 0 Å². The molecule has 0 N–H and O–H groups in total. The molecular formula is C15H15ClO4. The third-order valence-corrected chi connectivity index (χ3v) is 3.88. The summed E-state index contributed by atoms with van der Waals surface area (Å²) >= 11 is 6.13. The van der Waals surface area contributed by atoms with Gasteiger partial charge in [0.05, 0.1) is 12.0 Å². The van der Waals surface area contributed by atoms with E-state index in [-0.39, 0.29) is 6.61 Å². The van der Waals surface area contributed by atoms with E-state index < -0.39 is 28.9 Å². The van der Waals surface area contributed by atoms with E-state index in [0.29, 0.717) is 16.1 Å². The SMILES string of the molecule is CCOC(=O)C1C(=O)c2cccc(Cl)c2C(C)(C)C1=O. The van der Waals surface area contributed by atoms with Crippen LogP contribution >= 0.6 is 11.6 Å². The smallest absolute Gasteiger partial charge is 0.324 e. The fourth-order valence-electron chi connectivity index (χ4n) is 2.56. The predicted molar refractivity (Wildman–Crippen MR) is 73.9 cm³/mol. The van der Waals surface area contributed by atoms with E-state index in [1.807, 2.05) is 0 Å². The summed E-state index contributed by atoms with van der Waals surface area (Å²) in [4.78, 5) is 36.8. The van der Waals surface area contributed by atoms with Crippen LogP contribution in [0.25, 0.3) is 0 Å². The Kier molecular flexibility index (Phi) is 3.69. The zero-order valence-electron chi connectivity index (χ0n) is 11.5. The number of benzene rings is 1. The van der Waals surface area contributed by atoms with Gasteiger partial charge in [0.25, 0.3) is 0 Å². The number of ketones is 2. The predicted octanol–water partition coefficient (Wildman–Crippen LogP) is 2.56. The van der Waals surface area contributed by atoms with Crippen molar-refractivity contribution in [3.05, 3.63) is 34.3 Å². The molecule has 0 saturated carbocycles. The quantitative estimate of drug-likeness (QED) is 0.621. The molecule has 0 aliphatic heterocycles. The first-order valence-corrected chi connectivity index (χ1v) is 6.74. The number of rotatable bonds is 2. The molecule has 1 aliphatic rings. The average Bonchev–Trinajstić information content (AvgIpc) is 2.37. The third-order valence-electron chi connectivity index (χ3n) is 3.57. The van der Waals surface area contributed by atoms with Crippen molar-refractivity contribution in [2.24, 2.45) is 5.92 Å². The van der Waals surface area contributed by atoms with Crippen molar-refractivity contribution in [3.63, 3.8) is 0 Å². The molecule has 1 aliphatic carbocycles. The van der Waals surface area contributed by atoms with E-state index in [9.17, 15) is 14.4 Å². The van der Waals surface area contributed by atoms with Crippen LogP contribution in [-0.2, 0) is 19.7 Å². The molecule has 1 unspecified atom stereocenters. The molecule has 1 atom stereocenters. The van der Waals surface area contributed by atoms with Crippen molar-refractivity contribution < 1.29 is 19.1 Å². The lowest BCUT2D eigenvalue weighted by Gasteiger charge is -2.34. The Morgan fingerprint density at radius 2 is 2.00 bits per heavy atom. The maximum atomic E-state index is 12.5. The summed E-state index contributed by atoms with van der Waals surface area (Å²) in [6, 6.07) is 4.85. The standard InChI is InChI=1S/C15H15ClO4/c1-4-20-14(19)10-12(17)8-6-5-7-9(16)11(8)15(2,3)13(10)18/h5-7,10H,4H2,1-3H3. The maximum Gasteiger partial charge on any atom is 0.324 e. The van der Waals surface area contributed by atoms with Crippen LogP contribution in [0.3, 0.4) is 0 Å². The highest BCUT2D eigenvalue weighted by Crippen LogP contribution is 2.41. The topological polar surface area (TPSA) is 60.4 Å². The van der Waals surface area contributed by atoms with Gasteiger partial charge in [-0.05, 0) is 32.4 Å². The monoisotopic (exact) mass is 294 g/mol. The van der Waals surface area contributed by atoms with Gasteiger partial charge >= 0.3 is 5.97 Å². The van der Waals surface area contributed by atoms with Gasteiger partial charge in [0.1, 0.15) is 0 Å². The van der Waals surface area contributed by atoms with Gasteiger partial charge in [-0.2, -0.15) is 0 Å². The fourth-order valence-corrected chi connectivity index (χ4v) is 2.97. The summed E-state index contributed by atoms with van der Waals surface area (Å²) in [6.07, 6.45) is 0. The van der Waals surface area contributed by atoms with E-state index in [2.05, 4.69) is 0 Å². The number of fused-ring (bicyclic) bond motifs is 1. The number of carbonyl (C=O) groups is 3. The lowest BCUT2D eigenvalue weighted by atomic mass is 9.66. The highest BCUT2D eigenvalue weighted by molar-refractivity contribution is 6.35. The molecule has 20 heavy (non-hydrogen) atoms. The van der Waals surface area contributed by atoms with Crippen LogP contribution in [0.1, 0.15) is 36.7 Å². The summed E-state index contributed by atoms with van der Waals surface area (Å²) in [5.41, 5.74) is -0.198. The molecule has 0 bridgehead atoms. The Bertz CT molecular complexity index is 604. The molecule has 1 aromatic carbocycles. The molecule has 0 radical (unpaired) electrons. The van der Waals surface area contributed by atoms with Gasteiger partial charge in [-0.3, -0.25) is 14.4 Å². The minimum atomic E-state index is -1.39. The normalized spacial score (nSPS) is 20.5. The average molecular weight is 295 g/mol.